The number of aliphatic hydroxyl groups excluding tert-OH is 6. The number of ether oxygens (including phenoxy) is 4. The standard InChI is InChI=1S/C27H30O16/c1-8-24(43-27-22(37)19(34)17(32)15(7-28)42-27)21(36)23(38)26(39-8)40-10-5-13(31)16-14(6-10)41-25(20(35)18(16)33)9-2-3-11(29)12(30)4-9/h2-6,8,15,17,19,21-24,26-32,34-38H,7H2,1H3. The Kier molecular flexibility index (Phi) is 8.41. The molecule has 10 atom stereocenters. The third-order valence-corrected chi connectivity index (χ3v) is 7.33. The number of hydrogen-bond donors (Lipinski definition) is 10. The molecule has 2 aliphatic rings. The van der Waals surface area contributed by atoms with Crippen LogP contribution in [0.2, 0.25) is 0 Å². The number of phenolic OH excluding ortho intramolecular Hbond substituents is 3. The van der Waals surface area contributed by atoms with Gasteiger partial charge in [0.25, 0.3) is 0 Å². The first-order chi connectivity index (χ1) is 20.3. The third kappa shape index (κ3) is 5.55. The molecule has 3 heterocycles. The van der Waals surface area contributed by atoms with Gasteiger partial charge < -0.3 is 74.4 Å². The van der Waals surface area contributed by atoms with E-state index in [0.717, 1.165) is 24.3 Å². The Balaban J connectivity index is 1.38. The molecule has 3 aromatic rings. The first-order valence-corrected chi connectivity index (χ1v) is 13.0. The molecular formula is C27H30O16. The zero-order chi connectivity index (χ0) is 31.3. The van der Waals surface area contributed by atoms with E-state index in [-0.39, 0.29) is 16.9 Å². The minimum atomic E-state index is -1.80. The van der Waals surface area contributed by atoms with E-state index in [1.165, 1.54) is 13.0 Å². The van der Waals surface area contributed by atoms with Crippen molar-refractivity contribution in [2.45, 2.75) is 68.3 Å². The molecular weight excluding hydrogens is 580 g/mol. The summed E-state index contributed by atoms with van der Waals surface area (Å²) >= 11 is 0. The molecule has 16 nitrogen and oxygen atoms in total. The summed E-state index contributed by atoms with van der Waals surface area (Å²) in [7, 11) is 0. The maximum absolute atomic E-state index is 12.8. The molecule has 10 N–H and O–H groups in total. The van der Waals surface area contributed by atoms with Gasteiger partial charge in [0.1, 0.15) is 65.2 Å². The van der Waals surface area contributed by atoms with Gasteiger partial charge in [-0.1, -0.05) is 0 Å². The number of fused-ring (bicyclic) bond motifs is 1. The predicted octanol–water partition coefficient (Wildman–Crippen LogP) is -1.69. The topological polar surface area (TPSA) is 269 Å². The number of aliphatic hydroxyl groups is 6. The van der Waals surface area contributed by atoms with Crippen LogP contribution < -0.4 is 10.2 Å². The minimum absolute atomic E-state index is 0.0195. The van der Waals surface area contributed by atoms with Crippen molar-refractivity contribution >= 4 is 11.0 Å². The molecule has 2 fully saturated rings. The van der Waals surface area contributed by atoms with Gasteiger partial charge in [-0.05, 0) is 25.1 Å². The summed E-state index contributed by atoms with van der Waals surface area (Å²) < 4.78 is 27.8. The molecule has 0 amide bonds. The lowest BCUT2D eigenvalue weighted by molar-refractivity contribution is -0.348. The van der Waals surface area contributed by atoms with Gasteiger partial charge in [0, 0.05) is 17.7 Å². The highest BCUT2D eigenvalue weighted by atomic mass is 16.7. The van der Waals surface area contributed by atoms with Gasteiger partial charge >= 0.3 is 0 Å². The predicted molar refractivity (Wildman–Crippen MR) is 140 cm³/mol. The largest absolute Gasteiger partial charge is 0.507 e. The van der Waals surface area contributed by atoms with Gasteiger partial charge in [-0.25, -0.2) is 0 Å². The number of hydrogen-bond acceptors (Lipinski definition) is 16. The molecule has 1 aromatic heterocycles. The van der Waals surface area contributed by atoms with Gasteiger partial charge in [0.05, 0.1) is 12.7 Å². The van der Waals surface area contributed by atoms with Gasteiger partial charge in [-0.3, -0.25) is 4.79 Å². The molecule has 0 saturated carbocycles. The molecule has 5 rings (SSSR count). The molecule has 0 radical (unpaired) electrons. The van der Waals surface area contributed by atoms with E-state index >= 15 is 0 Å². The van der Waals surface area contributed by atoms with Crippen molar-refractivity contribution in [3.63, 3.8) is 0 Å². The summed E-state index contributed by atoms with van der Waals surface area (Å²) in [5.41, 5.74) is -1.27. The Morgan fingerprint density at radius 2 is 1.49 bits per heavy atom. The monoisotopic (exact) mass is 610 g/mol. The second kappa shape index (κ2) is 11.8. The van der Waals surface area contributed by atoms with Crippen molar-refractivity contribution in [1.29, 1.82) is 0 Å². The number of phenols is 3. The highest BCUT2D eigenvalue weighted by molar-refractivity contribution is 5.88. The molecule has 234 valence electrons. The van der Waals surface area contributed by atoms with E-state index < -0.39 is 108 Å². The van der Waals surface area contributed by atoms with Gasteiger partial charge in [-0.15, -0.1) is 0 Å². The number of benzene rings is 2. The molecule has 2 saturated heterocycles. The fourth-order valence-electron chi connectivity index (χ4n) is 4.95. The maximum Gasteiger partial charge on any atom is 0.238 e. The first kappa shape index (κ1) is 30.7. The summed E-state index contributed by atoms with van der Waals surface area (Å²) in [5.74, 6) is -3.15. The van der Waals surface area contributed by atoms with Crippen LogP contribution in [-0.4, -0.2) is 119 Å². The first-order valence-electron chi connectivity index (χ1n) is 13.0. The Morgan fingerprint density at radius 1 is 0.791 bits per heavy atom. The summed E-state index contributed by atoms with van der Waals surface area (Å²) in [6.45, 7) is 0.721. The van der Waals surface area contributed by atoms with Crippen LogP contribution in [0.15, 0.2) is 39.5 Å². The van der Waals surface area contributed by atoms with Crippen molar-refractivity contribution in [2.24, 2.45) is 0 Å². The Hall–Kier alpha value is -3.71. The van der Waals surface area contributed by atoms with Crippen molar-refractivity contribution in [2.75, 3.05) is 6.61 Å². The van der Waals surface area contributed by atoms with E-state index in [9.17, 15) is 55.9 Å². The van der Waals surface area contributed by atoms with Crippen molar-refractivity contribution in [3.05, 3.63) is 40.6 Å². The van der Waals surface area contributed by atoms with Crippen molar-refractivity contribution < 1.29 is 74.4 Å². The average molecular weight is 611 g/mol. The smallest absolute Gasteiger partial charge is 0.238 e. The highest BCUT2D eigenvalue weighted by Gasteiger charge is 2.50. The quantitative estimate of drug-likeness (QED) is 0.140. The van der Waals surface area contributed by atoms with Crippen LogP contribution in [0.5, 0.6) is 28.7 Å². The number of rotatable bonds is 6. The second-order valence-electron chi connectivity index (χ2n) is 10.2. The fraction of sp³-hybridized carbons (Fsp3) is 0.444. The van der Waals surface area contributed by atoms with E-state index in [1.807, 2.05) is 0 Å². The summed E-state index contributed by atoms with van der Waals surface area (Å²) in [4.78, 5) is 12.8. The molecule has 0 spiro atoms. The SMILES string of the molecule is CC1OC(Oc2cc(O)c3c(=O)c(O)c(-c4ccc(O)c(O)c4)oc3c2)C(O)C(O)C1OC1OC(CO)C(O)C(O)C1O. The van der Waals surface area contributed by atoms with E-state index in [2.05, 4.69) is 0 Å². The summed E-state index contributed by atoms with van der Waals surface area (Å²) in [6, 6.07) is 5.53. The maximum atomic E-state index is 12.8. The minimum Gasteiger partial charge on any atom is -0.507 e. The van der Waals surface area contributed by atoms with E-state index in [4.69, 9.17) is 23.4 Å². The van der Waals surface area contributed by atoms with Gasteiger partial charge in [-0.2, -0.15) is 0 Å². The van der Waals surface area contributed by atoms with Crippen LogP contribution in [0.25, 0.3) is 22.3 Å². The van der Waals surface area contributed by atoms with Crippen LogP contribution >= 0.6 is 0 Å². The Bertz CT molecular complexity index is 1540. The average Bonchev–Trinajstić information content (AvgIpc) is 2.96. The van der Waals surface area contributed by atoms with Gasteiger partial charge in [0.2, 0.25) is 17.5 Å². The highest BCUT2D eigenvalue weighted by Crippen LogP contribution is 2.39. The molecule has 2 aromatic carbocycles. The van der Waals surface area contributed by atoms with Crippen molar-refractivity contribution in [1.82, 2.24) is 0 Å². The molecule has 0 bridgehead atoms. The number of aromatic hydroxyl groups is 4. The van der Waals surface area contributed by atoms with E-state index in [1.54, 1.807) is 0 Å². The third-order valence-electron chi connectivity index (χ3n) is 7.33. The lowest BCUT2D eigenvalue weighted by Gasteiger charge is -2.45. The van der Waals surface area contributed by atoms with Crippen LogP contribution in [0, 0.1) is 0 Å². The normalized spacial score (nSPS) is 33.0. The van der Waals surface area contributed by atoms with E-state index in [0.29, 0.717) is 0 Å². The summed E-state index contributed by atoms with van der Waals surface area (Å²) in [5, 5.41) is 101. The molecule has 2 aliphatic heterocycles. The molecule has 10 unspecified atom stereocenters. The lowest BCUT2D eigenvalue weighted by atomic mass is 9.97. The summed E-state index contributed by atoms with van der Waals surface area (Å²) in [6.07, 6.45) is -15.5. The lowest BCUT2D eigenvalue weighted by Crippen LogP contribution is -2.64. The molecule has 0 aliphatic carbocycles. The van der Waals surface area contributed by atoms with Crippen molar-refractivity contribution in [3.8, 4) is 40.1 Å². The van der Waals surface area contributed by atoms with Crippen LogP contribution in [0.4, 0.5) is 0 Å². The van der Waals surface area contributed by atoms with Gasteiger partial charge in [0.15, 0.2) is 23.5 Å². The van der Waals surface area contributed by atoms with Crippen LogP contribution in [0.1, 0.15) is 6.92 Å². The molecule has 43 heavy (non-hydrogen) atoms. The van der Waals surface area contributed by atoms with Crippen LogP contribution in [0.3, 0.4) is 0 Å². The zero-order valence-corrected chi connectivity index (χ0v) is 22.3. The zero-order valence-electron chi connectivity index (χ0n) is 22.3. The van der Waals surface area contributed by atoms with Crippen LogP contribution in [-0.2, 0) is 14.2 Å². The Labute approximate surface area is 241 Å². The Morgan fingerprint density at radius 3 is 2.16 bits per heavy atom. The molecule has 16 heteroatoms. The second-order valence-corrected chi connectivity index (χ2v) is 10.2. The fourth-order valence-corrected chi connectivity index (χ4v) is 4.95.